The molecule has 1 aliphatic rings. The first-order chi connectivity index (χ1) is 13.4. The number of methoxy groups -OCH3 is 1. The van der Waals surface area contributed by atoms with E-state index in [1.54, 1.807) is 12.1 Å². The van der Waals surface area contributed by atoms with Gasteiger partial charge in [-0.1, -0.05) is 31.9 Å². The maximum absolute atomic E-state index is 12.9. The molecule has 0 aromatic heterocycles. The highest BCUT2D eigenvalue weighted by Gasteiger charge is 2.26. The average Bonchev–Trinajstić information content (AvgIpc) is 3.19. The summed E-state index contributed by atoms with van der Waals surface area (Å²) in [6.45, 7) is 2.04. The Kier molecular flexibility index (Phi) is 6.36. The molecule has 2 aromatic rings. The average molecular weight is 403 g/mol. The number of ether oxygens (including phenoxy) is 1. The van der Waals surface area contributed by atoms with Gasteiger partial charge >= 0.3 is 0 Å². The Balaban J connectivity index is 1.86. The normalized spacial score (nSPS) is 14.8. The molecule has 0 heterocycles. The van der Waals surface area contributed by atoms with E-state index in [0.717, 1.165) is 37.7 Å². The summed E-state index contributed by atoms with van der Waals surface area (Å²) in [5.41, 5.74) is 2.04. The number of hydrogen-bond donors (Lipinski definition) is 2. The van der Waals surface area contributed by atoms with Gasteiger partial charge in [0.2, 0.25) is 10.0 Å². The van der Waals surface area contributed by atoms with Crippen molar-refractivity contribution in [2.45, 2.75) is 50.0 Å². The van der Waals surface area contributed by atoms with Gasteiger partial charge in [-0.2, -0.15) is 0 Å². The lowest BCUT2D eigenvalue weighted by molar-refractivity contribution is 0.102. The van der Waals surface area contributed by atoms with Gasteiger partial charge in [0.15, 0.2) is 0 Å². The summed E-state index contributed by atoms with van der Waals surface area (Å²) in [6.07, 6.45) is 4.56. The molecule has 0 saturated heterocycles. The molecule has 6 nitrogen and oxygen atoms in total. The minimum absolute atomic E-state index is 0.0168. The number of carbonyl (C=O) groups excluding carboxylic acids is 1. The molecule has 2 aromatic carbocycles. The lowest BCUT2D eigenvalue weighted by Crippen LogP contribution is -2.33. The minimum atomic E-state index is -3.78. The molecule has 0 atom stereocenters. The fraction of sp³-hybridized carbons (Fsp3) is 0.381. The van der Waals surface area contributed by atoms with Crippen molar-refractivity contribution in [1.82, 2.24) is 4.72 Å². The van der Waals surface area contributed by atoms with Crippen LogP contribution >= 0.6 is 0 Å². The Morgan fingerprint density at radius 3 is 2.57 bits per heavy atom. The largest absolute Gasteiger partial charge is 0.495 e. The summed E-state index contributed by atoms with van der Waals surface area (Å²) in [6, 6.07) is 12.0. The van der Waals surface area contributed by atoms with Crippen molar-refractivity contribution < 1.29 is 17.9 Å². The second-order valence-electron chi connectivity index (χ2n) is 6.98. The van der Waals surface area contributed by atoms with Crippen LogP contribution in [0, 0.1) is 0 Å². The van der Waals surface area contributed by atoms with Crippen LogP contribution in [0.3, 0.4) is 0 Å². The molecule has 1 aliphatic carbocycles. The number of carbonyl (C=O) groups is 1. The molecule has 1 fully saturated rings. The molecule has 0 aliphatic heterocycles. The summed E-state index contributed by atoms with van der Waals surface area (Å²) < 4.78 is 33.7. The SMILES string of the molecule is CCc1cccc(NC(=O)c2ccc(OC)c(S(=O)(=O)NC3CCCC3)c2)c1. The first kappa shape index (κ1) is 20.4. The van der Waals surface area contributed by atoms with Crippen molar-refractivity contribution in [3.8, 4) is 5.75 Å². The lowest BCUT2D eigenvalue weighted by Gasteiger charge is -2.16. The third kappa shape index (κ3) is 4.72. The van der Waals surface area contributed by atoms with E-state index in [0.29, 0.717) is 5.69 Å². The number of rotatable bonds is 7. The highest BCUT2D eigenvalue weighted by atomic mass is 32.2. The van der Waals surface area contributed by atoms with Crippen LogP contribution in [0.15, 0.2) is 47.4 Å². The van der Waals surface area contributed by atoms with Crippen LogP contribution in [-0.4, -0.2) is 27.5 Å². The van der Waals surface area contributed by atoms with E-state index >= 15 is 0 Å². The van der Waals surface area contributed by atoms with Gasteiger partial charge in [-0.15, -0.1) is 0 Å². The highest BCUT2D eigenvalue weighted by molar-refractivity contribution is 7.89. The second kappa shape index (κ2) is 8.75. The summed E-state index contributed by atoms with van der Waals surface area (Å²) >= 11 is 0. The number of amides is 1. The van der Waals surface area contributed by atoms with Gasteiger partial charge in [-0.05, 0) is 55.2 Å². The molecule has 0 bridgehead atoms. The summed E-state index contributed by atoms with van der Waals surface area (Å²) in [4.78, 5) is 12.7. The monoisotopic (exact) mass is 402 g/mol. The van der Waals surface area contributed by atoms with E-state index in [1.165, 1.54) is 19.2 Å². The Labute approximate surface area is 166 Å². The van der Waals surface area contributed by atoms with Gasteiger partial charge in [0.05, 0.1) is 7.11 Å². The molecule has 2 N–H and O–H groups in total. The van der Waals surface area contributed by atoms with Crippen LogP contribution in [0.2, 0.25) is 0 Å². The van der Waals surface area contributed by atoms with E-state index in [2.05, 4.69) is 10.0 Å². The lowest BCUT2D eigenvalue weighted by atomic mass is 10.1. The molecule has 1 saturated carbocycles. The zero-order valence-corrected chi connectivity index (χ0v) is 17.0. The predicted molar refractivity (Wildman–Crippen MR) is 109 cm³/mol. The zero-order chi connectivity index (χ0) is 20.1. The van der Waals surface area contributed by atoms with Gasteiger partial charge in [-0.25, -0.2) is 13.1 Å². The number of anilines is 1. The van der Waals surface area contributed by atoms with E-state index < -0.39 is 10.0 Å². The minimum Gasteiger partial charge on any atom is -0.495 e. The van der Waals surface area contributed by atoms with Gasteiger partial charge in [0, 0.05) is 17.3 Å². The third-order valence-corrected chi connectivity index (χ3v) is 6.53. The fourth-order valence-corrected chi connectivity index (χ4v) is 4.93. The van der Waals surface area contributed by atoms with Crippen LogP contribution in [0.1, 0.15) is 48.5 Å². The third-order valence-electron chi connectivity index (χ3n) is 4.99. The molecular formula is C21H26N2O4S. The molecule has 150 valence electrons. The first-order valence-electron chi connectivity index (χ1n) is 9.53. The number of nitrogens with one attached hydrogen (secondary N) is 2. The van der Waals surface area contributed by atoms with Crippen molar-refractivity contribution in [3.05, 3.63) is 53.6 Å². The van der Waals surface area contributed by atoms with E-state index in [4.69, 9.17) is 4.74 Å². The highest BCUT2D eigenvalue weighted by Crippen LogP contribution is 2.27. The summed E-state index contributed by atoms with van der Waals surface area (Å²) in [5.74, 6) is -0.150. The Bertz CT molecular complexity index is 951. The number of aryl methyl sites for hydroxylation is 1. The topological polar surface area (TPSA) is 84.5 Å². The molecular weight excluding hydrogens is 376 g/mol. The van der Waals surface area contributed by atoms with Crippen molar-refractivity contribution in [2.75, 3.05) is 12.4 Å². The van der Waals surface area contributed by atoms with Crippen LogP contribution in [0.4, 0.5) is 5.69 Å². The van der Waals surface area contributed by atoms with E-state index in [1.807, 2.05) is 25.1 Å². The number of sulfonamides is 1. The van der Waals surface area contributed by atoms with Crippen LogP contribution < -0.4 is 14.8 Å². The maximum atomic E-state index is 12.9. The number of hydrogen-bond acceptors (Lipinski definition) is 4. The first-order valence-corrected chi connectivity index (χ1v) is 11.0. The quantitative estimate of drug-likeness (QED) is 0.739. The molecule has 1 amide bonds. The zero-order valence-electron chi connectivity index (χ0n) is 16.2. The Morgan fingerprint density at radius 1 is 1.14 bits per heavy atom. The van der Waals surface area contributed by atoms with Crippen LogP contribution in [-0.2, 0) is 16.4 Å². The van der Waals surface area contributed by atoms with Gasteiger partial charge in [0.1, 0.15) is 10.6 Å². The van der Waals surface area contributed by atoms with Gasteiger partial charge in [-0.3, -0.25) is 4.79 Å². The van der Waals surface area contributed by atoms with E-state index in [-0.39, 0.29) is 28.2 Å². The van der Waals surface area contributed by atoms with Gasteiger partial charge in [0.25, 0.3) is 5.91 Å². The van der Waals surface area contributed by atoms with Crippen molar-refractivity contribution in [2.24, 2.45) is 0 Å². The fourth-order valence-electron chi connectivity index (χ4n) is 3.43. The van der Waals surface area contributed by atoms with Crippen molar-refractivity contribution in [3.63, 3.8) is 0 Å². The predicted octanol–water partition coefficient (Wildman–Crippen LogP) is 3.73. The van der Waals surface area contributed by atoms with Crippen LogP contribution in [0.25, 0.3) is 0 Å². The van der Waals surface area contributed by atoms with Crippen molar-refractivity contribution >= 4 is 21.6 Å². The maximum Gasteiger partial charge on any atom is 0.255 e. The molecule has 0 spiro atoms. The van der Waals surface area contributed by atoms with Crippen molar-refractivity contribution in [1.29, 1.82) is 0 Å². The Morgan fingerprint density at radius 2 is 1.89 bits per heavy atom. The smallest absolute Gasteiger partial charge is 0.255 e. The molecule has 0 radical (unpaired) electrons. The van der Waals surface area contributed by atoms with Gasteiger partial charge < -0.3 is 10.1 Å². The van der Waals surface area contributed by atoms with E-state index in [9.17, 15) is 13.2 Å². The standard InChI is InChI=1S/C21H26N2O4S/c1-3-15-7-6-10-18(13-15)22-21(24)16-11-12-19(27-2)20(14-16)28(25,26)23-17-8-4-5-9-17/h6-7,10-14,17,23H,3-5,8-9H2,1-2H3,(H,22,24). The second-order valence-corrected chi connectivity index (χ2v) is 8.66. The molecule has 3 rings (SSSR count). The molecule has 7 heteroatoms. The Hall–Kier alpha value is -2.38. The molecule has 0 unspecified atom stereocenters. The molecule has 28 heavy (non-hydrogen) atoms. The summed E-state index contributed by atoms with van der Waals surface area (Å²) in [7, 11) is -2.36. The van der Waals surface area contributed by atoms with Crippen LogP contribution in [0.5, 0.6) is 5.75 Å². The summed E-state index contributed by atoms with van der Waals surface area (Å²) in [5, 5.41) is 2.83. The number of benzene rings is 2.